The zero-order valence-corrected chi connectivity index (χ0v) is 12.8. The van der Waals surface area contributed by atoms with Crippen molar-refractivity contribution >= 4 is 0 Å². The van der Waals surface area contributed by atoms with Crippen LogP contribution in [-0.2, 0) is 11.2 Å². The first-order chi connectivity index (χ1) is 9.99. The summed E-state index contributed by atoms with van der Waals surface area (Å²) in [6.07, 6.45) is 7.21. The van der Waals surface area contributed by atoms with Crippen LogP contribution < -0.4 is 0 Å². The molecule has 1 spiro atoms. The molecule has 3 rings (SSSR count). The Bertz CT molecular complexity index is 474. The number of ether oxygens (including phenoxy) is 1. The Labute approximate surface area is 126 Å². The molecule has 3 heteroatoms. The first-order valence-electron chi connectivity index (χ1n) is 8.10. The summed E-state index contributed by atoms with van der Waals surface area (Å²) in [6, 6.07) is 6.48. The van der Waals surface area contributed by atoms with Crippen LogP contribution in [0.15, 0.2) is 24.3 Å². The molecule has 0 radical (unpaired) electrons. The van der Waals surface area contributed by atoms with Gasteiger partial charge in [-0.05, 0) is 56.2 Å². The van der Waals surface area contributed by atoms with Gasteiger partial charge in [-0.3, -0.25) is 0 Å². The third-order valence-electron chi connectivity index (χ3n) is 5.36. The normalized spacial score (nSPS) is 27.7. The molecule has 1 N–H and O–H groups in total. The van der Waals surface area contributed by atoms with Gasteiger partial charge in [0.25, 0.3) is 0 Å². The quantitative estimate of drug-likeness (QED) is 0.916. The Balaban J connectivity index is 1.70. The van der Waals surface area contributed by atoms with Gasteiger partial charge >= 0.3 is 0 Å². The van der Waals surface area contributed by atoms with E-state index < -0.39 is 5.60 Å². The Morgan fingerprint density at radius 1 is 1.29 bits per heavy atom. The van der Waals surface area contributed by atoms with Gasteiger partial charge in [-0.25, -0.2) is 4.39 Å². The second-order valence-corrected chi connectivity index (χ2v) is 7.09. The summed E-state index contributed by atoms with van der Waals surface area (Å²) in [5, 5.41) is 11.0. The van der Waals surface area contributed by atoms with Crippen molar-refractivity contribution in [1.82, 2.24) is 0 Å². The van der Waals surface area contributed by atoms with E-state index in [4.69, 9.17) is 4.74 Å². The number of aliphatic hydroxyl groups is 1. The molecule has 21 heavy (non-hydrogen) atoms. The van der Waals surface area contributed by atoms with E-state index in [1.807, 2.05) is 6.92 Å². The molecule has 2 fully saturated rings. The predicted molar refractivity (Wildman–Crippen MR) is 80.6 cm³/mol. The zero-order chi connectivity index (χ0) is 14.9. The Morgan fingerprint density at radius 2 is 1.95 bits per heavy atom. The summed E-state index contributed by atoms with van der Waals surface area (Å²) < 4.78 is 19.1. The van der Waals surface area contributed by atoms with Gasteiger partial charge in [0.1, 0.15) is 5.82 Å². The lowest BCUT2D eigenvalue weighted by Gasteiger charge is -2.44. The van der Waals surface area contributed by atoms with Crippen LogP contribution in [0.5, 0.6) is 0 Å². The first-order valence-corrected chi connectivity index (χ1v) is 8.10. The van der Waals surface area contributed by atoms with Crippen LogP contribution in [0.3, 0.4) is 0 Å². The van der Waals surface area contributed by atoms with Crippen LogP contribution in [0, 0.1) is 11.7 Å². The van der Waals surface area contributed by atoms with Gasteiger partial charge in [0.15, 0.2) is 0 Å². The summed E-state index contributed by atoms with van der Waals surface area (Å²) in [5.74, 6) is 0.0313. The molecule has 2 unspecified atom stereocenters. The van der Waals surface area contributed by atoms with E-state index in [1.165, 1.54) is 25.0 Å². The van der Waals surface area contributed by atoms with Crippen molar-refractivity contribution < 1.29 is 14.2 Å². The molecule has 1 saturated heterocycles. The monoisotopic (exact) mass is 292 g/mol. The minimum Gasteiger partial charge on any atom is -0.390 e. The van der Waals surface area contributed by atoms with Crippen LogP contribution in [0.1, 0.15) is 51.0 Å². The number of rotatable bonds is 3. The average Bonchev–Trinajstić information content (AvgIpc) is 2.89. The lowest BCUT2D eigenvalue weighted by molar-refractivity contribution is -0.135. The number of benzene rings is 1. The maximum absolute atomic E-state index is 13.0. The highest BCUT2D eigenvalue weighted by molar-refractivity contribution is 5.18. The second kappa shape index (κ2) is 5.69. The van der Waals surface area contributed by atoms with Crippen LogP contribution in [0.25, 0.3) is 0 Å². The molecule has 1 aliphatic carbocycles. The molecular formula is C18H25FO2. The van der Waals surface area contributed by atoms with E-state index in [0.717, 1.165) is 37.9 Å². The van der Waals surface area contributed by atoms with Crippen molar-refractivity contribution in [2.75, 3.05) is 6.61 Å². The predicted octanol–water partition coefficient (Wildman–Crippen LogP) is 3.86. The summed E-state index contributed by atoms with van der Waals surface area (Å²) in [5.41, 5.74) is 0.265. The molecule has 0 amide bonds. The van der Waals surface area contributed by atoms with Crippen molar-refractivity contribution in [3.63, 3.8) is 0 Å². The lowest BCUT2D eigenvalue weighted by Crippen LogP contribution is -2.47. The van der Waals surface area contributed by atoms with Gasteiger partial charge in [-0.15, -0.1) is 0 Å². The molecule has 2 aliphatic rings. The minimum atomic E-state index is -0.753. The smallest absolute Gasteiger partial charge is 0.123 e. The highest BCUT2D eigenvalue weighted by Gasteiger charge is 2.45. The van der Waals surface area contributed by atoms with Crippen molar-refractivity contribution in [2.45, 2.75) is 63.1 Å². The Hall–Kier alpha value is -0.930. The number of halogens is 1. The molecule has 2 nitrogen and oxygen atoms in total. The molecule has 116 valence electrons. The maximum atomic E-state index is 13.0. The molecule has 1 aliphatic heterocycles. The van der Waals surface area contributed by atoms with Crippen LogP contribution >= 0.6 is 0 Å². The van der Waals surface area contributed by atoms with Crippen LogP contribution in [0.2, 0.25) is 0 Å². The molecule has 1 heterocycles. The highest BCUT2D eigenvalue weighted by Crippen LogP contribution is 2.45. The maximum Gasteiger partial charge on any atom is 0.123 e. The second-order valence-electron chi connectivity index (χ2n) is 7.09. The minimum absolute atomic E-state index is 0.0235. The van der Waals surface area contributed by atoms with Gasteiger partial charge in [-0.1, -0.05) is 25.0 Å². The molecule has 1 aromatic carbocycles. The molecule has 0 bridgehead atoms. The zero-order valence-electron chi connectivity index (χ0n) is 12.8. The van der Waals surface area contributed by atoms with Gasteiger partial charge in [-0.2, -0.15) is 0 Å². The summed E-state index contributed by atoms with van der Waals surface area (Å²) in [6.45, 7) is 2.68. The highest BCUT2D eigenvalue weighted by atomic mass is 19.1. The standard InChI is InChI=1S/C18H25FO2/c1-17(20,12-14-4-6-16(19)7-5-14)15-8-11-21-18(13-15)9-2-3-10-18/h4-7,15,20H,2-3,8-13H2,1H3. The van der Waals surface area contributed by atoms with Crippen molar-refractivity contribution in [2.24, 2.45) is 5.92 Å². The fourth-order valence-corrected chi connectivity index (χ4v) is 4.09. The fourth-order valence-electron chi connectivity index (χ4n) is 4.09. The fraction of sp³-hybridized carbons (Fsp3) is 0.667. The van der Waals surface area contributed by atoms with Gasteiger partial charge in [0, 0.05) is 13.0 Å². The van der Waals surface area contributed by atoms with E-state index in [0.29, 0.717) is 6.42 Å². The molecule has 0 aromatic heterocycles. The molecule has 1 saturated carbocycles. The largest absolute Gasteiger partial charge is 0.390 e. The SMILES string of the molecule is CC(O)(Cc1ccc(F)cc1)C1CCOC2(CCCC2)C1. The molecular weight excluding hydrogens is 267 g/mol. The van der Waals surface area contributed by atoms with E-state index >= 15 is 0 Å². The summed E-state index contributed by atoms with van der Waals surface area (Å²) in [4.78, 5) is 0. The van der Waals surface area contributed by atoms with E-state index in [2.05, 4.69) is 0 Å². The summed E-state index contributed by atoms with van der Waals surface area (Å²) >= 11 is 0. The number of hydrogen-bond acceptors (Lipinski definition) is 2. The third kappa shape index (κ3) is 3.29. The van der Waals surface area contributed by atoms with Crippen LogP contribution in [-0.4, -0.2) is 22.9 Å². The summed E-state index contributed by atoms with van der Waals surface area (Å²) in [7, 11) is 0. The van der Waals surface area contributed by atoms with E-state index in [-0.39, 0.29) is 17.3 Å². The van der Waals surface area contributed by atoms with Gasteiger partial charge in [0.05, 0.1) is 11.2 Å². The molecule has 1 aromatic rings. The van der Waals surface area contributed by atoms with Crippen molar-refractivity contribution in [3.8, 4) is 0 Å². The van der Waals surface area contributed by atoms with Gasteiger partial charge < -0.3 is 9.84 Å². The topological polar surface area (TPSA) is 29.5 Å². The van der Waals surface area contributed by atoms with E-state index in [1.54, 1.807) is 12.1 Å². The van der Waals surface area contributed by atoms with E-state index in [9.17, 15) is 9.50 Å². The molecule has 2 atom stereocenters. The Kier molecular flexibility index (Phi) is 4.06. The van der Waals surface area contributed by atoms with Crippen molar-refractivity contribution in [1.29, 1.82) is 0 Å². The van der Waals surface area contributed by atoms with Gasteiger partial charge in [0.2, 0.25) is 0 Å². The average molecular weight is 292 g/mol. The number of hydrogen-bond donors (Lipinski definition) is 1. The third-order valence-corrected chi connectivity index (χ3v) is 5.36. The van der Waals surface area contributed by atoms with Crippen LogP contribution in [0.4, 0.5) is 4.39 Å². The Morgan fingerprint density at radius 3 is 2.62 bits per heavy atom. The van der Waals surface area contributed by atoms with Crippen molar-refractivity contribution in [3.05, 3.63) is 35.6 Å². The lowest BCUT2D eigenvalue weighted by atomic mass is 9.73. The first kappa shape index (κ1) is 15.0.